The van der Waals surface area contributed by atoms with Crippen LogP contribution in [-0.4, -0.2) is 46.0 Å². The van der Waals surface area contributed by atoms with E-state index in [4.69, 9.17) is 16.3 Å². The molecule has 1 aromatic heterocycles. The third-order valence-electron chi connectivity index (χ3n) is 3.65. The summed E-state index contributed by atoms with van der Waals surface area (Å²) < 4.78 is 6.90. The molecule has 0 radical (unpaired) electrons. The highest BCUT2D eigenvalue weighted by Gasteiger charge is 2.17. The van der Waals surface area contributed by atoms with Crippen LogP contribution in [0, 0.1) is 0 Å². The van der Waals surface area contributed by atoms with Crippen molar-refractivity contribution in [1.29, 1.82) is 0 Å². The minimum absolute atomic E-state index is 0.141. The molecule has 134 valence electrons. The first-order valence-electron chi connectivity index (χ1n) is 8.26. The van der Waals surface area contributed by atoms with Gasteiger partial charge in [-0.3, -0.25) is 9.59 Å². The van der Waals surface area contributed by atoms with Crippen molar-refractivity contribution in [3.05, 3.63) is 53.6 Å². The minimum atomic E-state index is -0.305. The molecule has 0 aliphatic heterocycles. The number of esters is 1. The van der Waals surface area contributed by atoms with Crippen LogP contribution in [0.25, 0.3) is 0 Å². The maximum Gasteiger partial charge on any atom is 0.307 e. The molecule has 0 atom stereocenters. The number of aromatic nitrogens is 2. The van der Waals surface area contributed by atoms with Crippen LogP contribution in [0.5, 0.6) is 0 Å². The molecule has 2 aromatic rings. The van der Waals surface area contributed by atoms with Crippen LogP contribution in [0.3, 0.4) is 0 Å². The Morgan fingerprint density at radius 3 is 2.84 bits per heavy atom. The fourth-order valence-electron chi connectivity index (χ4n) is 2.44. The van der Waals surface area contributed by atoms with Gasteiger partial charge in [0.25, 0.3) is 5.91 Å². The van der Waals surface area contributed by atoms with Gasteiger partial charge in [0.15, 0.2) is 0 Å². The smallest absolute Gasteiger partial charge is 0.307 e. The van der Waals surface area contributed by atoms with Gasteiger partial charge in [0.2, 0.25) is 0 Å². The van der Waals surface area contributed by atoms with Crippen molar-refractivity contribution >= 4 is 23.5 Å². The zero-order valence-corrected chi connectivity index (χ0v) is 15.0. The molecule has 0 bridgehead atoms. The van der Waals surface area contributed by atoms with E-state index in [1.54, 1.807) is 48.6 Å². The summed E-state index contributed by atoms with van der Waals surface area (Å²) in [5.41, 5.74) is 0.513. The largest absolute Gasteiger partial charge is 0.466 e. The van der Waals surface area contributed by atoms with Crippen LogP contribution in [0.4, 0.5) is 0 Å². The molecule has 1 heterocycles. The van der Waals surface area contributed by atoms with Crippen LogP contribution in [0.1, 0.15) is 30.1 Å². The van der Waals surface area contributed by atoms with Crippen LogP contribution < -0.4 is 0 Å². The predicted octanol–water partition coefficient (Wildman–Crippen LogP) is 3.02. The van der Waals surface area contributed by atoms with Gasteiger partial charge in [-0.25, -0.2) is 4.98 Å². The minimum Gasteiger partial charge on any atom is -0.466 e. The van der Waals surface area contributed by atoms with Crippen LogP contribution in [-0.2, 0) is 16.1 Å². The van der Waals surface area contributed by atoms with E-state index in [1.807, 2.05) is 10.8 Å². The summed E-state index contributed by atoms with van der Waals surface area (Å²) in [5.74, 6) is -0.446. The molecule has 0 saturated heterocycles. The Morgan fingerprint density at radius 1 is 1.32 bits per heavy atom. The Hall–Kier alpha value is -2.34. The second-order valence-corrected chi connectivity index (χ2v) is 5.95. The summed E-state index contributed by atoms with van der Waals surface area (Å²) in [6.45, 7) is 3.69. The molecule has 0 spiro atoms. The number of carbonyl (C=O) groups is 2. The lowest BCUT2D eigenvalue weighted by molar-refractivity contribution is -0.143. The lowest BCUT2D eigenvalue weighted by Crippen LogP contribution is -2.34. The monoisotopic (exact) mass is 363 g/mol. The maximum atomic E-state index is 12.8. The third-order valence-corrected chi connectivity index (χ3v) is 3.89. The molecule has 0 N–H and O–H groups in total. The molecular weight excluding hydrogens is 342 g/mol. The van der Waals surface area contributed by atoms with Crippen molar-refractivity contribution in [1.82, 2.24) is 14.5 Å². The van der Waals surface area contributed by atoms with Crippen LogP contribution in [0.15, 0.2) is 43.0 Å². The second kappa shape index (κ2) is 9.84. The van der Waals surface area contributed by atoms with Crippen molar-refractivity contribution in [2.75, 3.05) is 19.7 Å². The number of hydrogen-bond donors (Lipinski definition) is 0. The highest BCUT2D eigenvalue weighted by atomic mass is 35.5. The number of halogens is 1. The highest BCUT2D eigenvalue weighted by Crippen LogP contribution is 2.13. The Labute approximate surface area is 152 Å². The van der Waals surface area contributed by atoms with Crippen LogP contribution >= 0.6 is 11.6 Å². The fourth-order valence-corrected chi connectivity index (χ4v) is 2.63. The summed E-state index contributed by atoms with van der Waals surface area (Å²) in [4.78, 5) is 30.0. The van der Waals surface area contributed by atoms with Gasteiger partial charge in [-0.05, 0) is 31.5 Å². The number of imidazole rings is 1. The summed E-state index contributed by atoms with van der Waals surface area (Å²) >= 11 is 5.98. The molecular formula is C18H22ClN3O3. The molecule has 6 nitrogen and oxygen atoms in total. The molecule has 1 amide bonds. The number of ether oxygens (including phenoxy) is 1. The number of hydrogen-bond acceptors (Lipinski definition) is 4. The molecule has 1 aromatic carbocycles. The highest BCUT2D eigenvalue weighted by molar-refractivity contribution is 6.30. The summed E-state index contributed by atoms with van der Waals surface area (Å²) in [6, 6.07) is 6.82. The molecule has 0 saturated carbocycles. The van der Waals surface area contributed by atoms with Gasteiger partial charge in [-0.1, -0.05) is 17.7 Å². The van der Waals surface area contributed by atoms with Gasteiger partial charge < -0.3 is 14.2 Å². The first-order valence-corrected chi connectivity index (χ1v) is 8.64. The van der Waals surface area contributed by atoms with Gasteiger partial charge >= 0.3 is 5.97 Å². The van der Waals surface area contributed by atoms with Gasteiger partial charge in [0, 0.05) is 42.6 Å². The lowest BCUT2D eigenvalue weighted by atomic mass is 10.2. The maximum absolute atomic E-state index is 12.8. The third kappa shape index (κ3) is 6.23. The van der Waals surface area contributed by atoms with Crippen molar-refractivity contribution < 1.29 is 14.3 Å². The van der Waals surface area contributed by atoms with E-state index >= 15 is 0 Å². The van der Waals surface area contributed by atoms with E-state index in [0.717, 1.165) is 13.0 Å². The normalized spacial score (nSPS) is 10.5. The number of benzene rings is 1. The van der Waals surface area contributed by atoms with Gasteiger partial charge in [-0.2, -0.15) is 0 Å². The molecule has 0 aliphatic carbocycles. The quantitative estimate of drug-likeness (QED) is 0.642. The molecule has 0 unspecified atom stereocenters. The number of rotatable bonds is 9. The zero-order chi connectivity index (χ0) is 18.1. The van der Waals surface area contributed by atoms with Crippen molar-refractivity contribution in [3.63, 3.8) is 0 Å². The topological polar surface area (TPSA) is 64.4 Å². The summed E-state index contributed by atoms with van der Waals surface area (Å²) in [5, 5.41) is 0.509. The fraction of sp³-hybridized carbons (Fsp3) is 0.389. The van der Waals surface area contributed by atoms with Gasteiger partial charge in [-0.15, -0.1) is 0 Å². The number of amides is 1. The number of carbonyl (C=O) groups excluding carboxylic acids is 2. The second-order valence-electron chi connectivity index (χ2n) is 5.51. The first kappa shape index (κ1) is 19.0. The SMILES string of the molecule is CCOC(=O)CCN(CCCn1ccnc1)C(=O)c1cccc(Cl)c1. The summed E-state index contributed by atoms with van der Waals surface area (Å²) in [7, 11) is 0. The number of aryl methyl sites for hydroxylation is 1. The van der Waals surface area contributed by atoms with E-state index in [9.17, 15) is 9.59 Å². The van der Waals surface area contributed by atoms with E-state index in [-0.39, 0.29) is 18.3 Å². The predicted molar refractivity (Wildman–Crippen MR) is 95.4 cm³/mol. The van der Waals surface area contributed by atoms with Gasteiger partial charge in [0.1, 0.15) is 0 Å². The first-order chi connectivity index (χ1) is 12.1. The van der Waals surface area contributed by atoms with E-state index in [0.29, 0.717) is 30.3 Å². The van der Waals surface area contributed by atoms with E-state index in [1.165, 1.54) is 0 Å². The number of nitrogens with zero attached hydrogens (tertiary/aromatic N) is 3. The Morgan fingerprint density at radius 2 is 2.16 bits per heavy atom. The molecule has 0 aliphatic rings. The molecule has 25 heavy (non-hydrogen) atoms. The van der Waals surface area contributed by atoms with Crippen molar-refractivity contribution in [2.45, 2.75) is 26.3 Å². The van der Waals surface area contributed by atoms with Gasteiger partial charge in [0.05, 0.1) is 19.4 Å². The van der Waals surface area contributed by atoms with Crippen molar-refractivity contribution in [3.8, 4) is 0 Å². The summed E-state index contributed by atoms with van der Waals surface area (Å²) in [6.07, 6.45) is 6.26. The van der Waals surface area contributed by atoms with Crippen molar-refractivity contribution in [2.24, 2.45) is 0 Å². The van der Waals surface area contributed by atoms with E-state index < -0.39 is 0 Å². The average Bonchev–Trinajstić information content (AvgIpc) is 3.11. The van der Waals surface area contributed by atoms with E-state index in [2.05, 4.69) is 4.98 Å². The molecule has 7 heteroatoms. The zero-order valence-electron chi connectivity index (χ0n) is 14.2. The lowest BCUT2D eigenvalue weighted by Gasteiger charge is -2.22. The molecule has 2 rings (SSSR count). The van der Waals surface area contributed by atoms with Crippen LogP contribution in [0.2, 0.25) is 5.02 Å². The Bertz CT molecular complexity index is 689. The Balaban J connectivity index is 1.99. The Kier molecular flexibility index (Phi) is 7.47. The molecule has 0 fully saturated rings. The standard InChI is InChI=1S/C18H22ClN3O3/c1-2-25-17(23)7-11-22(10-4-9-21-12-8-20-14-21)18(24)15-5-3-6-16(19)13-15/h3,5-6,8,12-14H,2,4,7,9-11H2,1H3. The average molecular weight is 364 g/mol.